The molecular formula is C23H16ClF4N3O7S. The van der Waals surface area contributed by atoms with Crippen LogP contribution in [0.25, 0.3) is 0 Å². The maximum atomic E-state index is 13.9. The average Bonchev–Trinajstić information content (AvgIpc) is 2.84. The lowest BCUT2D eigenvalue weighted by Crippen LogP contribution is -2.31. The minimum absolute atomic E-state index is 0.230. The number of carbonyl (C=O) groups excluding carboxylic acids is 2. The predicted octanol–water partition coefficient (Wildman–Crippen LogP) is 5.39. The third-order valence-corrected chi connectivity index (χ3v) is 6.71. The van der Waals surface area contributed by atoms with E-state index < -0.39 is 72.3 Å². The van der Waals surface area contributed by atoms with E-state index in [2.05, 4.69) is 0 Å². The number of rotatable bonds is 8. The van der Waals surface area contributed by atoms with Gasteiger partial charge in [0.15, 0.2) is 6.10 Å². The predicted molar refractivity (Wildman–Crippen MR) is 130 cm³/mol. The van der Waals surface area contributed by atoms with Gasteiger partial charge in [0.25, 0.3) is 21.6 Å². The molecule has 0 radical (unpaired) electrons. The smallest absolute Gasteiger partial charge is 0.418 e. The van der Waals surface area contributed by atoms with Gasteiger partial charge in [0.05, 0.1) is 37.3 Å². The second kappa shape index (κ2) is 11.2. The second-order valence-corrected chi connectivity index (χ2v) is 9.84. The number of nitrogens with zero attached hydrogens (tertiary/aromatic N) is 1. The van der Waals surface area contributed by atoms with Crippen molar-refractivity contribution in [3.63, 3.8) is 0 Å². The number of nitrogens with one attached hydrogen (secondary N) is 2. The van der Waals surface area contributed by atoms with Crippen LogP contribution in [0.15, 0.2) is 65.6 Å². The number of hydrogen-bond donors (Lipinski definition) is 2. The summed E-state index contributed by atoms with van der Waals surface area (Å²) in [5.41, 5.74) is -4.09. The molecule has 0 saturated carbocycles. The van der Waals surface area contributed by atoms with E-state index in [4.69, 9.17) is 16.3 Å². The lowest BCUT2D eigenvalue weighted by Gasteiger charge is -2.17. The van der Waals surface area contributed by atoms with Crippen LogP contribution < -0.4 is 10.0 Å². The minimum atomic E-state index is -5.06. The fourth-order valence-electron chi connectivity index (χ4n) is 3.08. The van der Waals surface area contributed by atoms with Gasteiger partial charge >= 0.3 is 12.1 Å². The fraction of sp³-hybridized carbons (Fsp3) is 0.130. The highest BCUT2D eigenvalue weighted by Gasteiger charge is 2.36. The van der Waals surface area contributed by atoms with Gasteiger partial charge < -0.3 is 10.1 Å². The Morgan fingerprint density at radius 2 is 1.72 bits per heavy atom. The number of nitro groups is 1. The largest absolute Gasteiger partial charge is 0.449 e. The molecule has 3 aromatic rings. The zero-order chi connectivity index (χ0) is 29.1. The zero-order valence-electron chi connectivity index (χ0n) is 19.5. The van der Waals surface area contributed by atoms with E-state index in [1.807, 2.05) is 10.0 Å². The van der Waals surface area contributed by atoms with Crippen molar-refractivity contribution in [1.82, 2.24) is 0 Å². The Balaban J connectivity index is 1.80. The Morgan fingerprint density at radius 3 is 2.33 bits per heavy atom. The Hall–Kier alpha value is -4.24. The summed E-state index contributed by atoms with van der Waals surface area (Å²) in [6.45, 7) is 1.01. The molecule has 0 fully saturated rings. The van der Waals surface area contributed by atoms with Crippen LogP contribution in [0.1, 0.15) is 22.8 Å². The normalized spacial score (nSPS) is 12.4. The van der Waals surface area contributed by atoms with E-state index in [0.29, 0.717) is 6.07 Å². The third-order valence-electron chi connectivity index (χ3n) is 5.02. The summed E-state index contributed by atoms with van der Waals surface area (Å²) in [6, 6.07) is 9.39. The molecule has 0 aromatic heterocycles. The van der Waals surface area contributed by atoms with E-state index in [9.17, 15) is 45.7 Å². The summed E-state index contributed by atoms with van der Waals surface area (Å²) in [5.74, 6) is -3.40. The number of halogens is 5. The van der Waals surface area contributed by atoms with E-state index in [1.165, 1.54) is 12.1 Å². The number of sulfonamides is 1. The first kappa shape index (κ1) is 29.3. The Labute approximate surface area is 222 Å². The molecule has 39 heavy (non-hydrogen) atoms. The number of amides is 1. The minimum Gasteiger partial charge on any atom is -0.449 e. The zero-order valence-corrected chi connectivity index (χ0v) is 21.0. The number of carbonyl (C=O) groups is 2. The molecule has 0 bridgehead atoms. The topological polar surface area (TPSA) is 145 Å². The molecule has 3 rings (SSSR count). The van der Waals surface area contributed by atoms with Gasteiger partial charge in [-0.1, -0.05) is 23.7 Å². The monoisotopic (exact) mass is 589 g/mol. The van der Waals surface area contributed by atoms with Gasteiger partial charge in [-0.05, 0) is 43.3 Å². The van der Waals surface area contributed by atoms with Crippen LogP contribution in [0.4, 0.5) is 34.6 Å². The number of benzene rings is 3. The van der Waals surface area contributed by atoms with E-state index >= 15 is 0 Å². The van der Waals surface area contributed by atoms with E-state index in [1.54, 1.807) is 0 Å². The first-order valence-electron chi connectivity index (χ1n) is 10.5. The van der Waals surface area contributed by atoms with Gasteiger partial charge in [-0.2, -0.15) is 13.2 Å². The number of para-hydroxylation sites is 1. The molecule has 0 aliphatic heterocycles. The van der Waals surface area contributed by atoms with Crippen LogP contribution in [0.2, 0.25) is 5.02 Å². The lowest BCUT2D eigenvalue weighted by molar-refractivity contribution is -0.385. The number of non-ortho nitro benzene ring substituents is 1. The summed E-state index contributed by atoms with van der Waals surface area (Å²) >= 11 is 5.97. The number of nitro benzene ring substituents is 1. The molecule has 1 amide bonds. The molecular weight excluding hydrogens is 574 g/mol. The van der Waals surface area contributed by atoms with Gasteiger partial charge in [-0.15, -0.1) is 0 Å². The number of hydrogen-bond acceptors (Lipinski definition) is 7. The van der Waals surface area contributed by atoms with Crippen LogP contribution in [0.5, 0.6) is 0 Å². The van der Waals surface area contributed by atoms with Crippen LogP contribution in [0.3, 0.4) is 0 Å². The summed E-state index contributed by atoms with van der Waals surface area (Å²) < 4.78 is 86.3. The molecule has 0 saturated heterocycles. The molecule has 0 heterocycles. The quantitative estimate of drug-likeness (QED) is 0.155. The first-order valence-corrected chi connectivity index (χ1v) is 12.4. The lowest BCUT2D eigenvalue weighted by atomic mass is 10.1. The SMILES string of the molecule is CC(OC(=O)c1cc(S(=O)(=O)Nc2ccccc2F)ccc1Cl)C(=O)Nc1ccc([N+](=O)[O-])cc1C(F)(F)F. The van der Waals surface area contributed by atoms with Gasteiger partial charge in [0.1, 0.15) is 5.82 Å². The van der Waals surface area contributed by atoms with E-state index in [-0.39, 0.29) is 16.8 Å². The molecule has 1 atom stereocenters. The molecule has 3 aromatic carbocycles. The molecule has 0 aliphatic carbocycles. The van der Waals surface area contributed by atoms with Crippen molar-refractivity contribution in [3.8, 4) is 0 Å². The second-order valence-electron chi connectivity index (χ2n) is 7.75. The Bertz CT molecular complexity index is 1570. The maximum absolute atomic E-state index is 13.9. The van der Waals surface area contributed by atoms with Gasteiger partial charge in [-0.25, -0.2) is 17.6 Å². The van der Waals surface area contributed by atoms with Crippen LogP contribution >= 0.6 is 11.6 Å². The number of ether oxygens (including phenoxy) is 1. The number of alkyl halides is 3. The van der Waals surface area contributed by atoms with Crippen molar-refractivity contribution >= 4 is 50.6 Å². The molecule has 16 heteroatoms. The summed E-state index contributed by atoms with van der Waals surface area (Å²) in [7, 11) is -4.41. The highest BCUT2D eigenvalue weighted by molar-refractivity contribution is 7.92. The van der Waals surface area contributed by atoms with Crippen molar-refractivity contribution < 1.29 is 45.2 Å². The highest BCUT2D eigenvalue weighted by atomic mass is 35.5. The van der Waals surface area contributed by atoms with Gasteiger partial charge in [0, 0.05) is 12.1 Å². The van der Waals surface area contributed by atoms with Gasteiger partial charge in [-0.3, -0.25) is 19.6 Å². The van der Waals surface area contributed by atoms with Crippen LogP contribution in [-0.4, -0.2) is 31.3 Å². The number of anilines is 2. The Kier molecular flexibility index (Phi) is 8.45. The average molecular weight is 590 g/mol. The van der Waals surface area contributed by atoms with Crippen molar-refractivity contribution in [2.75, 3.05) is 10.0 Å². The van der Waals surface area contributed by atoms with E-state index in [0.717, 1.165) is 43.3 Å². The molecule has 0 spiro atoms. The maximum Gasteiger partial charge on any atom is 0.418 e. The highest BCUT2D eigenvalue weighted by Crippen LogP contribution is 2.37. The van der Waals surface area contributed by atoms with Crippen molar-refractivity contribution in [2.45, 2.75) is 24.1 Å². The van der Waals surface area contributed by atoms with Crippen molar-refractivity contribution in [2.24, 2.45) is 0 Å². The number of esters is 1. The summed E-state index contributed by atoms with van der Waals surface area (Å²) in [4.78, 5) is 34.4. The molecule has 1 unspecified atom stereocenters. The summed E-state index contributed by atoms with van der Waals surface area (Å²) in [5, 5.41) is 12.4. The molecule has 10 nitrogen and oxygen atoms in total. The molecule has 2 N–H and O–H groups in total. The molecule has 0 aliphatic rings. The summed E-state index contributed by atoms with van der Waals surface area (Å²) in [6.07, 6.45) is -6.79. The first-order chi connectivity index (χ1) is 18.1. The van der Waals surface area contributed by atoms with Crippen molar-refractivity contribution in [3.05, 3.63) is 92.7 Å². The van der Waals surface area contributed by atoms with Gasteiger partial charge in [0.2, 0.25) is 0 Å². The van der Waals surface area contributed by atoms with Crippen LogP contribution in [-0.2, 0) is 25.7 Å². The third kappa shape index (κ3) is 7.00. The standard InChI is InChI=1S/C23H16ClF4N3O7S/c1-12(21(32)29-19-9-6-13(31(34)35)10-16(19)23(26,27)28)38-22(33)15-11-14(7-8-17(15)24)39(36,37)30-20-5-3-2-4-18(20)25/h2-12,30H,1H3,(H,29,32). The molecule has 206 valence electrons. The fourth-order valence-corrected chi connectivity index (χ4v) is 4.36. The van der Waals surface area contributed by atoms with Crippen LogP contribution in [0, 0.1) is 15.9 Å². The Morgan fingerprint density at radius 1 is 1.05 bits per heavy atom. The van der Waals surface area contributed by atoms with Crippen molar-refractivity contribution in [1.29, 1.82) is 0 Å².